The van der Waals surface area contributed by atoms with Crippen molar-refractivity contribution in [1.82, 2.24) is 10.3 Å². The highest BCUT2D eigenvalue weighted by molar-refractivity contribution is 5.95. The van der Waals surface area contributed by atoms with Gasteiger partial charge in [-0.15, -0.1) is 0 Å². The van der Waals surface area contributed by atoms with E-state index in [0.717, 1.165) is 0 Å². The number of nitrogens with zero attached hydrogens (tertiary/aromatic N) is 1. The quantitative estimate of drug-likeness (QED) is 0.449. The van der Waals surface area contributed by atoms with E-state index in [-0.39, 0.29) is 18.2 Å². The summed E-state index contributed by atoms with van der Waals surface area (Å²) in [6.07, 6.45) is 2.71. The van der Waals surface area contributed by atoms with Gasteiger partial charge in [-0.1, -0.05) is 6.07 Å². The monoisotopic (exact) mass is 266 g/mol. The molecule has 1 amide bonds. The summed E-state index contributed by atoms with van der Waals surface area (Å²) in [5.74, 6) is -0.183. The number of amides is 1. The fourth-order valence-corrected chi connectivity index (χ4v) is 1.34. The first-order chi connectivity index (χ1) is 9.21. The van der Waals surface area contributed by atoms with Crippen LogP contribution >= 0.6 is 0 Å². The van der Waals surface area contributed by atoms with Crippen molar-refractivity contribution in [1.29, 1.82) is 0 Å². The Labute approximate surface area is 112 Å². The third-order valence-electron chi connectivity index (χ3n) is 2.37. The Bertz CT molecular complexity index is 416. The molecule has 1 aromatic rings. The Kier molecular flexibility index (Phi) is 6.56. The van der Waals surface area contributed by atoms with Gasteiger partial charge >= 0.3 is 0 Å². The predicted molar refractivity (Wildman–Crippen MR) is 70.0 cm³/mol. The second kappa shape index (κ2) is 8.23. The van der Waals surface area contributed by atoms with Crippen LogP contribution in [-0.4, -0.2) is 45.1 Å². The normalized spacial score (nSPS) is 11.5. The van der Waals surface area contributed by atoms with Crippen LogP contribution in [0.25, 0.3) is 6.08 Å². The van der Waals surface area contributed by atoms with E-state index in [1.54, 1.807) is 24.4 Å². The number of ether oxygens (including phenoxy) is 3. The van der Waals surface area contributed by atoms with Crippen molar-refractivity contribution in [2.24, 2.45) is 0 Å². The van der Waals surface area contributed by atoms with Crippen LogP contribution in [0.1, 0.15) is 5.69 Å². The standard InChI is InChI=1S/C13H18N2O4/c1-17-11(8-10-6-4-5-7-14-10)13(16)15-9-12(18-2)19-3/h4-8,12H,9H2,1-3H3,(H,15,16)/b11-8+. The first-order valence-corrected chi connectivity index (χ1v) is 5.71. The molecule has 19 heavy (non-hydrogen) atoms. The van der Waals surface area contributed by atoms with Crippen molar-refractivity contribution in [2.45, 2.75) is 6.29 Å². The van der Waals surface area contributed by atoms with Crippen LogP contribution < -0.4 is 5.32 Å². The summed E-state index contributed by atoms with van der Waals surface area (Å²) in [6, 6.07) is 5.40. The predicted octanol–water partition coefficient (Wildman–Crippen LogP) is 0.804. The molecule has 0 atom stereocenters. The lowest BCUT2D eigenvalue weighted by Gasteiger charge is -2.14. The van der Waals surface area contributed by atoms with Gasteiger partial charge in [0, 0.05) is 26.5 Å². The second-order valence-corrected chi connectivity index (χ2v) is 3.58. The molecule has 0 aliphatic carbocycles. The van der Waals surface area contributed by atoms with E-state index < -0.39 is 6.29 Å². The van der Waals surface area contributed by atoms with Crippen molar-refractivity contribution in [3.8, 4) is 0 Å². The van der Waals surface area contributed by atoms with Gasteiger partial charge in [-0.25, -0.2) is 0 Å². The summed E-state index contributed by atoms with van der Waals surface area (Å²) < 4.78 is 15.0. The molecule has 0 saturated heterocycles. The Morgan fingerprint density at radius 3 is 2.63 bits per heavy atom. The number of carbonyl (C=O) groups excluding carboxylic acids is 1. The van der Waals surface area contributed by atoms with E-state index in [4.69, 9.17) is 14.2 Å². The minimum absolute atomic E-state index is 0.171. The van der Waals surface area contributed by atoms with Crippen LogP contribution in [0.5, 0.6) is 0 Å². The molecule has 0 bridgehead atoms. The number of methoxy groups -OCH3 is 3. The molecule has 1 aromatic heterocycles. The maximum absolute atomic E-state index is 11.9. The van der Waals surface area contributed by atoms with Gasteiger partial charge < -0.3 is 19.5 Å². The van der Waals surface area contributed by atoms with Crippen LogP contribution in [-0.2, 0) is 19.0 Å². The van der Waals surface area contributed by atoms with Gasteiger partial charge in [0.05, 0.1) is 19.3 Å². The maximum atomic E-state index is 11.9. The van der Waals surface area contributed by atoms with Crippen LogP contribution in [0.4, 0.5) is 0 Å². The molecule has 0 aliphatic rings. The molecule has 0 spiro atoms. The molecular formula is C13H18N2O4. The first kappa shape index (κ1) is 15.1. The van der Waals surface area contributed by atoms with Gasteiger partial charge in [-0.05, 0) is 12.1 Å². The topological polar surface area (TPSA) is 69.7 Å². The average Bonchev–Trinajstić information content (AvgIpc) is 2.46. The molecule has 104 valence electrons. The van der Waals surface area contributed by atoms with Gasteiger partial charge in [0.15, 0.2) is 12.0 Å². The number of hydrogen-bond donors (Lipinski definition) is 1. The van der Waals surface area contributed by atoms with Crippen molar-refractivity contribution in [3.63, 3.8) is 0 Å². The molecule has 0 unspecified atom stereocenters. The third-order valence-corrected chi connectivity index (χ3v) is 2.37. The smallest absolute Gasteiger partial charge is 0.286 e. The number of hydrogen-bond acceptors (Lipinski definition) is 5. The Balaban J connectivity index is 2.64. The molecule has 0 aliphatic heterocycles. The highest BCUT2D eigenvalue weighted by Gasteiger charge is 2.12. The van der Waals surface area contributed by atoms with E-state index in [2.05, 4.69) is 10.3 Å². The van der Waals surface area contributed by atoms with Gasteiger partial charge in [0.1, 0.15) is 0 Å². The summed E-state index contributed by atoms with van der Waals surface area (Å²) in [5.41, 5.74) is 0.643. The zero-order valence-electron chi connectivity index (χ0n) is 11.3. The van der Waals surface area contributed by atoms with Gasteiger partial charge in [-0.3, -0.25) is 9.78 Å². The summed E-state index contributed by atoms with van der Waals surface area (Å²) in [6.45, 7) is 0.231. The zero-order chi connectivity index (χ0) is 14.1. The van der Waals surface area contributed by atoms with Crippen LogP contribution in [0, 0.1) is 0 Å². The molecule has 0 radical (unpaired) electrons. The van der Waals surface area contributed by atoms with Crippen molar-refractivity contribution in [2.75, 3.05) is 27.9 Å². The fraction of sp³-hybridized carbons (Fsp3) is 0.385. The van der Waals surface area contributed by atoms with E-state index >= 15 is 0 Å². The van der Waals surface area contributed by atoms with Crippen molar-refractivity contribution >= 4 is 12.0 Å². The van der Waals surface area contributed by atoms with Crippen LogP contribution in [0.2, 0.25) is 0 Å². The van der Waals surface area contributed by atoms with Crippen molar-refractivity contribution in [3.05, 3.63) is 35.8 Å². The highest BCUT2D eigenvalue weighted by Crippen LogP contribution is 2.04. The van der Waals surface area contributed by atoms with E-state index in [9.17, 15) is 4.79 Å². The lowest BCUT2D eigenvalue weighted by atomic mass is 10.3. The van der Waals surface area contributed by atoms with Gasteiger partial charge in [-0.2, -0.15) is 0 Å². The maximum Gasteiger partial charge on any atom is 0.286 e. The summed E-state index contributed by atoms with van der Waals surface area (Å²) in [5, 5.41) is 2.65. The Morgan fingerprint density at radius 2 is 2.11 bits per heavy atom. The van der Waals surface area contributed by atoms with E-state index in [1.165, 1.54) is 21.3 Å². The second-order valence-electron chi connectivity index (χ2n) is 3.58. The summed E-state index contributed by atoms with van der Waals surface area (Å²) in [4.78, 5) is 16.0. The summed E-state index contributed by atoms with van der Waals surface area (Å²) >= 11 is 0. The number of pyridine rings is 1. The SMILES string of the molecule is CO/C(=C/c1ccccn1)C(=O)NCC(OC)OC. The summed E-state index contributed by atoms with van der Waals surface area (Å²) in [7, 11) is 4.43. The molecule has 1 rings (SSSR count). The van der Waals surface area contributed by atoms with Crippen molar-refractivity contribution < 1.29 is 19.0 Å². The molecule has 0 aromatic carbocycles. The number of rotatable bonds is 7. The Hall–Kier alpha value is -1.92. The molecule has 0 saturated carbocycles. The lowest BCUT2D eigenvalue weighted by Crippen LogP contribution is -2.35. The lowest BCUT2D eigenvalue weighted by molar-refractivity contribution is -0.126. The number of carbonyl (C=O) groups is 1. The number of aromatic nitrogens is 1. The molecule has 1 N–H and O–H groups in total. The number of nitrogens with one attached hydrogen (secondary N) is 1. The largest absolute Gasteiger partial charge is 0.491 e. The molecule has 6 nitrogen and oxygen atoms in total. The van der Waals surface area contributed by atoms with Gasteiger partial charge in [0.25, 0.3) is 5.91 Å². The highest BCUT2D eigenvalue weighted by atomic mass is 16.7. The third kappa shape index (κ3) is 5.07. The molecule has 0 fully saturated rings. The zero-order valence-corrected chi connectivity index (χ0v) is 11.3. The van der Waals surface area contributed by atoms with E-state index in [0.29, 0.717) is 5.69 Å². The molecule has 1 heterocycles. The van der Waals surface area contributed by atoms with Crippen LogP contribution in [0.15, 0.2) is 30.2 Å². The minimum atomic E-state index is -0.489. The first-order valence-electron chi connectivity index (χ1n) is 5.71. The molecule has 6 heteroatoms. The van der Waals surface area contributed by atoms with Gasteiger partial charge in [0.2, 0.25) is 0 Å². The molecular weight excluding hydrogens is 248 g/mol. The average molecular weight is 266 g/mol. The Morgan fingerprint density at radius 1 is 1.37 bits per heavy atom. The minimum Gasteiger partial charge on any atom is -0.491 e. The van der Waals surface area contributed by atoms with Crippen LogP contribution in [0.3, 0.4) is 0 Å². The fourth-order valence-electron chi connectivity index (χ4n) is 1.34. The van der Waals surface area contributed by atoms with E-state index in [1.807, 2.05) is 6.07 Å².